The van der Waals surface area contributed by atoms with Crippen LogP contribution in [0.5, 0.6) is 0 Å². The lowest BCUT2D eigenvalue weighted by atomic mass is 10.6. The maximum Gasteiger partial charge on any atom is -0.0195 e. The minimum atomic E-state index is 0. The molecule has 1 heteroatoms. The second-order valence-corrected chi connectivity index (χ2v) is 1.12. The summed E-state index contributed by atoms with van der Waals surface area (Å²) in [5, 5.41) is 0. The second-order valence-electron chi connectivity index (χ2n) is 1.12. The Balaban J connectivity index is -0.0000000144. The Hall–Kier alpha value is -0.560. The normalized spacial score (nSPS) is 3.73. The van der Waals surface area contributed by atoms with E-state index in [1.807, 2.05) is 6.92 Å². The number of rotatable bonds is 0. The third-order valence-electron chi connectivity index (χ3n) is 0. The fourth-order valence-corrected chi connectivity index (χ4v) is 0. The largest absolute Gasteiger partial charge is 0.333 e. The van der Waals surface area contributed by atoms with Gasteiger partial charge in [-0.25, -0.2) is 0 Å². The Labute approximate surface area is 74.0 Å². The average Bonchev–Trinajstić information content (AvgIpc) is 1.99. The van der Waals surface area contributed by atoms with Crippen LogP contribution < -0.4 is 5.73 Å². The summed E-state index contributed by atoms with van der Waals surface area (Å²) in [7, 11) is 1.50. The van der Waals surface area contributed by atoms with Crippen LogP contribution in [0.3, 0.4) is 0 Å². The van der Waals surface area contributed by atoms with Gasteiger partial charge in [0, 0.05) is 0 Å². The highest BCUT2D eigenvalue weighted by Crippen LogP contribution is 1.56. The van der Waals surface area contributed by atoms with E-state index in [9.17, 15) is 0 Å². The highest BCUT2D eigenvalue weighted by atomic mass is 14.4. The van der Waals surface area contributed by atoms with Gasteiger partial charge in [-0.1, -0.05) is 33.8 Å². The topological polar surface area (TPSA) is 26.0 Å². The standard InChI is InChI=1S/C3H8.C3H6.C2H4.CH5N.CH4/c2*1-3-2;2*1-2;/h3H2,1-2H3;3H,1H2,2H3;1-2H2;2H2,1H3;1H4. The Morgan fingerprint density at radius 3 is 1.18 bits per heavy atom. The smallest absolute Gasteiger partial charge is 0.0195 e. The van der Waals surface area contributed by atoms with Crippen molar-refractivity contribution in [3.63, 3.8) is 0 Å². The van der Waals surface area contributed by atoms with Crippen LogP contribution in [0.1, 0.15) is 34.6 Å². The Kier molecular flexibility index (Phi) is 927. The maximum absolute atomic E-state index is 4.50. The van der Waals surface area contributed by atoms with Gasteiger partial charge < -0.3 is 5.73 Å². The van der Waals surface area contributed by atoms with Crippen molar-refractivity contribution in [3.05, 3.63) is 25.8 Å². The fraction of sp³-hybridized carbons (Fsp3) is 0.600. The van der Waals surface area contributed by atoms with Gasteiger partial charge in [-0.3, -0.25) is 0 Å². The van der Waals surface area contributed by atoms with Crippen molar-refractivity contribution in [1.29, 1.82) is 0 Å². The SMILES string of the molecule is C.C=C.C=CC.CCC.CN. The van der Waals surface area contributed by atoms with Crippen molar-refractivity contribution in [2.45, 2.75) is 34.6 Å². The summed E-state index contributed by atoms with van der Waals surface area (Å²) in [6.45, 7) is 15.5. The molecule has 0 unspecified atom stereocenters. The van der Waals surface area contributed by atoms with Crippen LogP contribution in [0.4, 0.5) is 0 Å². The monoisotopic (exact) mass is 161 g/mol. The van der Waals surface area contributed by atoms with Crippen molar-refractivity contribution in [2.24, 2.45) is 5.73 Å². The summed E-state index contributed by atoms with van der Waals surface area (Å²) in [6, 6.07) is 0. The Morgan fingerprint density at radius 2 is 1.18 bits per heavy atom. The lowest BCUT2D eigenvalue weighted by Gasteiger charge is -1.48. The summed E-state index contributed by atoms with van der Waals surface area (Å²) in [6.07, 6.45) is 3.00. The van der Waals surface area contributed by atoms with E-state index in [0.717, 1.165) is 0 Å². The summed E-state index contributed by atoms with van der Waals surface area (Å²) < 4.78 is 0. The first kappa shape index (κ1) is 31.4. The third kappa shape index (κ3) is 1670. The zero-order valence-corrected chi connectivity index (χ0v) is 7.98. The Morgan fingerprint density at radius 1 is 1.18 bits per heavy atom. The van der Waals surface area contributed by atoms with Gasteiger partial charge in [-0.15, -0.1) is 19.7 Å². The van der Waals surface area contributed by atoms with Gasteiger partial charge >= 0.3 is 0 Å². The molecule has 0 saturated heterocycles. The minimum Gasteiger partial charge on any atom is -0.333 e. The van der Waals surface area contributed by atoms with Crippen LogP contribution >= 0.6 is 0 Å². The predicted molar refractivity (Wildman–Crippen MR) is 59.9 cm³/mol. The third-order valence-corrected chi connectivity index (χ3v) is 0. The van der Waals surface area contributed by atoms with Gasteiger partial charge in [-0.05, 0) is 14.0 Å². The van der Waals surface area contributed by atoms with E-state index < -0.39 is 0 Å². The van der Waals surface area contributed by atoms with E-state index in [1.165, 1.54) is 13.5 Å². The molecule has 0 atom stereocenters. The van der Waals surface area contributed by atoms with E-state index in [4.69, 9.17) is 0 Å². The van der Waals surface area contributed by atoms with Gasteiger partial charge in [0.2, 0.25) is 0 Å². The number of hydrogen-bond donors (Lipinski definition) is 1. The van der Waals surface area contributed by atoms with Crippen molar-refractivity contribution in [3.8, 4) is 0 Å². The summed E-state index contributed by atoms with van der Waals surface area (Å²) >= 11 is 0. The first-order valence-electron chi connectivity index (χ1n) is 3.48. The molecule has 0 saturated carbocycles. The molecule has 0 aromatic rings. The van der Waals surface area contributed by atoms with Crippen LogP contribution in [-0.4, -0.2) is 7.05 Å². The van der Waals surface area contributed by atoms with Gasteiger partial charge in [-0.2, -0.15) is 0 Å². The van der Waals surface area contributed by atoms with Crippen molar-refractivity contribution in [2.75, 3.05) is 7.05 Å². The van der Waals surface area contributed by atoms with Crippen LogP contribution in [0.15, 0.2) is 25.8 Å². The van der Waals surface area contributed by atoms with Crippen LogP contribution in [0.2, 0.25) is 0 Å². The van der Waals surface area contributed by atoms with Crippen LogP contribution in [0, 0.1) is 0 Å². The molecule has 0 rings (SSSR count). The number of allylic oxidation sites excluding steroid dienone is 1. The first-order valence-corrected chi connectivity index (χ1v) is 3.48. The average molecular weight is 161 g/mol. The minimum absolute atomic E-state index is 0. The fourth-order valence-electron chi connectivity index (χ4n) is 0. The Bertz CT molecular complexity index is 26.1. The van der Waals surface area contributed by atoms with E-state index in [2.05, 4.69) is 39.3 Å². The van der Waals surface area contributed by atoms with E-state index in [-0.39, 0.29) is 7.43 Å². The molecular formula is C10H27N. The van der Waals surface area contributed by atoms with Gasteiger partial charge in [0.1, 0.15) is 0 Å². The number of hydrogen-bond acceptors (Lipinski definition) is 1. The lowest BCUT2D eigenvalue weighted by Crippen LogP contribution is -1.69. The van der Waals surface area contributed by atoms with Gasteiger partial charge in [0.25, 0.3) is 0 Å². The van der Waals surface area contributed by atoms with E-state index in [1.54, 1.807) is 6.08 Å². The molecule has 2 N–H and O–H groups in total. The molecule has 0 spiro atoms. The maximum atomic E-state index is 4.50. The van der Waals surface area contributed by atoms with Crippen molar-refractivity contribution in [1.82, 2.24) is 0 Å². The molecule has 0 aromatic heterocycles. The molecule has 11 heavy (non-hydrogen) atoms. The van der Waals surface area contributed by atoms with E-state index in [0.29, 0.717) is 0 Å². The van der Waals surface area contributed by atoms with Crippen molar-refractivity contribution < 1.29 is 0 Å². The highest BCUT2D eigenvalue weighted by Gasteiger charge is 1.35. The van der Waals surface area contributed by atoms with Crippen molar-refractivity contribution >= 4 is 0 Å². The second kappa shape index (κ2) is 324. The molecule has 0 aliphatic heterocycles. The molecule has 0 aliphatic rings. The van der Waals surface area contributed by atoms with Gasteiger partial charge in [0.15, 0.2) is 0 Å². The molecule has 0 aliphatic carbocycles. The zero-order valence-electron chi connectivity index (χ0n) is 7.98. The molecule has 72 valence electrons. The molecule has 1 nitrogen and oxygen atoms in total. The molecule has 0 aromatic carbocycles. The molecule has 0 fully saturated rings. The molecular weight excluding hydrogens is 134 g/mol. The van der Waals surface area contributed by atoms with Crippen LogP contribution in [0.25, 0.3) is 0 Å². The molecule has 0 amide bonds. The zero-order chi connectivity index (χ0) is 9.41. The quantitative estimate of drug-likeness (QED) is 0.539. The highest BCUT2D eigenvalue weighted by molar-refractivity contribution is 4.51. The predicted octanol–water partition coefficient (Wildman–Crippen LogP) is 3.62. The number of nitrogens with two attached hydrogens (primary N) is 1. The molecule has 0 bridgehead atoms. The molecule has 0 heterocycles. The lowest BCUT2D eigenvalue weighted by molar-refractivity contribution is 1.09. The molecule has 0 radical (unpaired) electrons. The van der Waals surface area contributed by atoms with E-state index >= 15 is 0 Å². The van der Waals surface area contributed by atoms with Gasteiger partial charge in [0.05, 0.1) is 0 Å². The summed E-state index contributed by atoms with van der Waals surface area (Å²) in [5.41, 5.74) is 4.50. The summed E-state index contributed by atoms with van der Waals surface area (Å²) in [4.78, 5) is 0. The summed E-state index contributed by atoms with van der Waals surface area (Å²) in [5.74, 6) is 0. The first-order chi connectivity index (χ1) is 4.83. The van der Waals surface area contributed by atoms with Crippen LogP contribution in [-0.2, 0) is 0 Å².